The van der Waals surface area contributed by atoms with E-state index in [1.54, 1.807) is 30.4 Å². The van der Waals surface area contributed by atoms with Gasteiger partial charge in [0.05, 0.1) is 12.0 Å². The van der Waals surface area contributed by atoms with E-state index in [4.69, 9.17) is 5.11 Å². The fraction of sp³-hybridized carbons (Fsp3) is 0.231. The second kappa shape index (κ2) is 6.07. The van der Waals surface area contributed by atoms with Gasteiger partial charge in [-0.25, -0.2) is 9.97 Å². The largest absolute Gasteiger partial charge is 0.493 e. The Morgan fingerprint density at radius 2 is 2.25 bits per heavy atom. The van der Waals surface area contributed by atoms with Gasteiger partial charge in [0, 0.05) is 26.0 Å². The standard InChI is InChI=1S/C13H15N5O2/c1-14-10(7-18(2)5-6-19)12-11-9(3-4-15-12)13(20)17-8-16-11/h3-4,7-8,19H,1,5-6H2,2H3,(H,16,17,20)/b10-7-. The van der Waals surface area contributed by atoms with E-state index >= 15 is 0 Å². The van der Waals surface area contributed by atoms with E-state index in [1.807, 2.05) is 0 Å². The molecule has 0 fully saturated rings. The quantitative estimate of drug-likeness (QED) is 0.777. The van der Waals surface area contributed by atoms with Crippen molar-refractivity contribution in [1.29, 1.82) is 0 Å². The van der Waals surface area contributed by atoms with Crippen LogP contribution in [-0.4, -0.2) is 57.0 Å². The number of hydrogen-bond acceptors (Lipinski definition) is 7. The van der Waals surface area contributed by atoms with Crippen molar-refractivity contribution < 1.29 is 10.2 Å². The van der Waals surface area contributed by atoms with E-state index in [9.17, 15) is 5.11 Å². The average Bonchev–Trinajstić information content (AvgIpc) is 2.45. The molecule has 0 bridgehead atoms. The molecule has 0 saturated carbocycles. The maximum atomic E-state index is 9.73. The number of fused-ring (bicyclic) bond motifs is 1. The van der Waals surface area contributed by atoms with Crippen LogP contribution in [0.4, 0.5) is 0 Å². The van der Waals surface area contributed by atoms with Crippen LogP contribution in [-0.2, 0) is 0 Å². The van der Waals surface area contributed by atoms with Gasteiger partial charge in [-0.3, -0.25) is 9.98 Å². The van der Waals surface area contributed by atoms with E-state index in [0.717, 1.165) is 0 Å². The Hall–Kier alpha value is -2.54. The molecule has 2 heterocycles. The number of aliphatic hydroxyl groups excluding tert-OH is 1. The molecule has 7 nitrogen and oxygen atoms in total. The molecule has 104 valence electrons. The summed E-state index contributed by atoms with van der Waals surface area (Å²) in [6, 6.07) is 1.63. The molecule has 0 amide bonds. The van der Waals surface area contributed by atoms with E-state index in [-0.39, 0.29) is 12.5 Å². The monoisotopic (exact) mass is 273 g/mol. The van der Waals surface area contributed by atoms with Gasteiger partial charge in [0.15, 0.2) is 0 Å². The molecule has 0 radical (unpaired) electrons. The van der Waals surface area contributed by atoms with Crippen LogP contribution in [0, 0.1) is 0 Å². The minimum Gasteiger partial charge on any atom is -0.493 e. The second-order valence-electron chi connectivity index (χ2n) is 4.13. The van der Waals surface area contributed by atoms with Crippen molar-refractivity contribution in [2.24, 2.45) is 4.99 Å². The van der Waals surface area contributed by atoms with Crippen molar-refractivity contribution in [1.82, 2.24) is 19.9 Å². The van der Waals surface area contributed by atoms with Gasteiger partial charge < -0.3 is 15.1 Å². The molecule has 0 aliphatic heterocycles. The molecule has 20 heavy (non-hydrogen) atoms. The van der Waals surface area contributed by atoms with Crippen molar-refractivity contribution >= 4 is 23.3 Å². The summed E-state index contributed by atoms with van der Waals surface area (Å²) in [6.07, 6.45) is 4.52. The van der Waals surface area contributed by atoms with Gasteiger partial charge in [-0.15, -0.1) is 0 Å². The molecule has 0 aliphatic rings. The Kier molecular flexibility index (Phi) is 4.21. The minimum atomic E-state index is -0.106. The Labute approximate surface area is 116 Å². The zero-order valence-electron chi connectivity index (χ0n) is 11.1. The summed E-state index contributed by atoms with van der Waals surface area (Å²) in [5, 5.41) is 19.1. The van der Waals surface area contributed by atoms with Gasteiger partial charge in [-0.2, -0.15) is 0 Å². The molecule has 2 N–H and O–H groups in total. The van der Waals surface area contributed by atoms with Crippen LogP contribution in [0.25, 0.3) is 16.6 Å². The van der Waals surface area contributed by atoms with Gasteiger partial charge in [0.2, 0.25) is 5.88 Å². The van der Waals surface area contributed by atoms with Gasteiger partial charge in [-0.1, -0.05) is 0 Å². The van der Waals surface area contributed by atoms with Crippen LogP contribution in [0.3, 0.4) is 0 Å². The molecule has 0 unspecified atom stereocenters. The lowest BCUT2D eigenvalue weighted by Crippen LogP contribution is -2.16. The van der Waals surface area contributed by atoms with Crippen molar-refractivity contribution in [2.75, 3.05) is 20.2 Å². The fourth-order valence-corrected chi connectivity index (χ4v) is 1.77. The predicted octanol–water partition coefficient (Wildman–Crippen LogP) is 0.654. The van der Waals surface area contributed by atoms with Crippen molar-refractivity contribution in [2.45, 2.75) is 0 Å². The first-order chi connectivity index (χ1) is 9.67. The number of aromatic nitrogens is 3. The molecular weight excluding hydrogens is 258 g/mol. The SMILES string of the molecule is C=N/C(=C\N(C)CCO)c1nccc2c(O)ncnc12. The highest BCUT2D eigenvalue weighted by atomic mass is 16.3. The molecule has 7 heteroatoms. The highest BCUT2D eigenvalue weighted by Crippen LogP contribution is 2.26. The molecule has 0 aromatic carbocycles. The third-order valence-electron chi connectivity index (χ3n) is 2.74. The highest BCUT2D eigenvalue weighted by Gasteiger charge is 2.11. The number of hydrogen-bond donors (Lipinski definition) is 2. The number of rotatable bonds is 5. The molecule has 0 spiro atoms. The first-order valence-corrected chi connectivity index (χ1v) is 5.96. The topological polar surface area (TPSA) is 94.7 Å². The smallest absolute Gasteiger partial charge is 0.222 e. The molecular formula is C13H15N5O2. The molecule has 0 aliphatic carbocycles. The number of aliphatic imine (C=N–C) groups is 1. The summed E-state index contributed by atoms with van der Waals surface area (Å²) in [7, 11) is 1.80. The summed E-state index contributed by atoms with van der Waals surface area (Å²) in [5.74, 6) is -0.106. The Bertz CT molecular complexity index is 656. The summed E-state index contributed by atoms with van der Waals surface area (Å²) < 4.78 is 0. The molecule has 2 rings (SSSR count). The lowest BCUT2D eigenvalue weighted by atomic mass is 10.2. The van der Waals surface area contributed by atoms with Crippen LogP contribution in [0.5, 0.6) is 5.88 Å². The van der Waals surface area contributed by atoms with E-state index in [2.05, 4.69) is 26.7 Å². The Morgan fingerprint density at radius 3 is 2.95 bits per heavy atom. The number of aromatic hydroxyl groups is 1. The number of pyridine rings is 1. The van der Waals surface area contributed by atoms with E-state index < -0.39 is 0 Å². The maximum Gasteiger partial charge on any atom is 0.222 e. The van der Waals surface area contributed by atoms with Crippen molar-refractivity contribution in [3.05, 3.63) is 30.5 Å². The van der Waals surface area contributed by atoms with Gasteiger partial charge in [-0.05, 0) is 12.8 Å². The number of likely N-dealkylation sites (N-methyl/N-ethyl adjacent to an activating group) is 1. The van der Waals surface area contributed by atoms with Crippen LogP contribution >= 0.6 is 0 Å². The summed E-state index contributed by atoms with van der Waals surface area (Å²) >= 11 is 0. The fourth-order valence-electron chi connectivity index (χ4n) is 1.77. The predicted molar refractivity (Wildman–Crippen MR) is 76.2 cm³/mol. The lowest BCUT2D eigenvalue weighted by molar-refractivity contribution is 0.254. The van der Waals surface area contributed by atoms with Crippen molar-refractivity contribution in [3.63, 3.8) is 0 Å². The van der Waals surface area contributed by atoms with E-state index in [1.165, 1.54) is 6.33 Å². The molecule has 0 atom stereocenters. The number of nitrogens with zero attached hydrogens (tertiary/aromatic N) is 5. The zero-order chi connectivity index (χ0) is 14.5. The summed E-state index contributed by atoms with van der Waals surface area (Å²) in [5.41, 5.74) is 1.50. The Balaban J connectivity index is 2.55. The van der Waals surface area contributed by atoms with Gasteiger partial charge >= 0.3 is 0 Å². The average molecular weight is 273 g/mol. The first kappa shape index (κ1) is 13.9. The van der Waals surface area contributed by atoms with Crippen LogP contribution < -0.4 is 0 Å². The molecule has 2 aromatic rings. The normalized spacial score (nSPS) is 11.6. The highest BCUT2D eigenvalue weighted by molar-refractivity contribution is 5.91. The maximum absolute atomic E-state index is 9.73. The van der Waals surface area contributed by atoms with Gasteiger partial charge in [0.1, 0.15) is 23.2 Å². The third kappa shape index (κ3) is 2.72. The minimum absolute atomic E-state index is 0.0311. The Morgan fingerprint density at radius 1 is 1.45 bits per heavy atom. The number of aliphatic hydroxyl groups is 1. The zero-order valence-corrected chi connectivity index (χ0v) is 11.1. The van der Waals surface area contributed by atoms with Crippen molar-refractivity contribution in [3.8, 4) is 5.88 Å². The summed E-state index contributed by atoms with van der Waals surface area (Å²) in [6.45, 7) is 4.02. The van der Waals surface area contributed by atoms with E-state index in [0.29, 0.717) is 28.8 Å². The lowest BCUT2D eigenvalue weighted by Gasteiger charge is -2.13. The van der Waals surface area contributed by atoms with Gasteiger partial charge in [0.25, 0.3) is 0 Å². The van der Waals surface area contributed by atoms with Crippen LogP contribution in [0.2, 0.25) is 0 Å². The summed E-state index contributed by atoms with van der Waals surface area (Å²) in [4.78, 5) is 17.8. The molecule has 2 aromatic heterocycles. The molecule has 0 saturated heterocycles. The first-order valence-electron chi connectivity index (χ1n) is 5.96. The van der Waals surface area contributed by atoms with Crippen LogP contribution in [0.15, 0.2) is 29.8 Å². The third-order valence-corrected chi connectivity index (χ3v) is 2.74. The second-order valence-corrected chi connectivity index (χ2v) is 4.13. The van der Waals surface area contributed by atoms with Crippen LogP contribution in [0.1, 0.15) is 5.69 Å².